The highest BCUT2D eigenvalue weighted by molar-refractivity contribution is 7.15. The number of aromatic nitrogens is 2. The minimum atomic E-state index is 0.270. The summed E-state index contributed by atoms with van der Waals surface area (Å²) in [5.74, 6) is 0. The molecule has 2 aromatic heterocycles. The standard InChI is InChI=1S/C16H18ClN3S/c1-10-9-21-16-19-12(3)15(20(10)16)8-18-11(2)13-4-6-14(17)7-5-13/h4-7,9,11,18H,8H2,1-3H3. The summed E-state index contributed by atoms with van der Waals surface area (Å²) in [6.45, 7) is 7.16. The number of imidazole rings is 1. The van der Waals surface area contributed by atoms with E-state index < -0.39 is 0 Å². The Kier molecular flexibility index (Phi) is 4.02. The molecule has 2 heterocycles. The van der Waals surface area contributed by atoms with Gasteiger partial charge in [0.2, 0.25) is 0 Å². The van der Waals surface area contributed by atoms with Gasteiger partial charge in [-0.1, -0.05) is 23.7 Å². The number of halogens is 1. The SMILES string of the molecule is Cc1nc2scc(C)n2c1CNC(C)c1ccc(Cl)cc1. The Morgan fingerprint density at radius 2 is 2.00 bits per heavy atom. The summed E-state index contributed by atoms with van der Waals surface area (Å²) in [7, 11) is 0. The van der Waals surface area contributed by atoms with Crippen molar-refractivity contribution < 1.29 is 0 Å². The van der Waals surface area contributed by atoms with Crippen molar-refractivity contribution in [1.29, 1.82) is 0 Å². The van der Waals surface area contributed by atoms with Crippen LogP contribution < -0.4 is 5.32 Å². The number of thiazole rings is 1. The molecule has 0 saturated heterocycles. The maximum absolute atomic E-state index is 5.93. The molecule has 0 fully saturated rings. The third kappa shape index (κ3) is 2.84. The van der Waals surface area contributed by atoms with E-state index in [9.17, 15) is 0 Å². The summed E-state index contributed by atoms with van der Waals surface area (Å²) in [6, 6.07) is 8.26. The molecule has 0 aliphatic carbocycles. The maximum atomic E-state index is 5.93. The topological polar surface area (TPSA) is 29.3 Å². The van der Waals surface area contributed by atoms with Crippen LogP contribution in [-0.4, -0.2) is 9.38 Å². The van der Waals surface area contributed by atoms with Crippen LogP contribution in [-0.2, 0) is 6.54 Å². The highest BCUT2D eigenvalue weighted by Crippen LogP contribution is 2.22. The Balaban J connectivity index is 1.78. The lowest BCUT2D eigenvalue weighted by molar-refractivity contribution is 0.564. The van der Waals surface area contributed by atoms with Crippen LogP contribution in [0.5, 0.6) is 0 Å². The first-order valence-corrected chi connectivity index (χ1v) is 8.23. The molecule has 0 spiro atoms. The van der Waals surface area contributed by atoms with Gasteiger partial charge in [0.15, 0.2) is 4.96 Å². The predicted molar refractivity (Wildman–Crippen MR) is 89.2 cm³/mol. The summed E-state index contributed by atoms with van der Waals surface area (Å²) in [4.78, 5) is 5.69. The Morgan fingerprint density at radius 1 is 1.29 bits per heavy atom. The van der Waals surface area contributed by atoms with Crippen LogP contribution in [0.25, 0.3) is 4.96 Å². The second kappa shape index (κ2) is 5.79. The van der Waals surface area contributed by atoms with E-state index in [-0.39, 0.29) is 6.04 Å². The Labute approximate surface area is 133 Å². The quantitative estimate of drug-likeness (QED) is 0.766. The highest BCUT2D eigenvalue weighted by atomic mass is 35.5. The molecule has 1 aromatic carbocycles. The lowest BCUT2D eigenvalue weighted by Gasteiger charge is -2.14. The second-order valence-electron chi connectivity index (χ2n) is 5.29. The number of hydrogen-bond donors (Lipinski definition) is 1. The number of benzene rings is 1. The summed E-state index contributed by atoms with van der Waals surface area (Å²) in [5.41, 5.74) is 4.82. The number of aryl methyl sites for hydroxylation is 2. The van der Waals surface area contributed by atoms with Crippen molar-refractivity contribution in [3.63, 3.8) is 0 Å². The van der Waals surface area contributed by atoms with E-state index in [4.69, 9.17) is 11.6 Å². The number of nitrogens with zero attached hydrogens (tertiary/aromatic N) is 2. The number of fused-ring (bicyclic) bond motifs is 1. The zero-order valence-corrected chi connectivity index (χ0v) is 13.9. The molecule has 1 N–H and O–H groups in total. The smallest absolute Gasteiger partial charge is 0.194 e. The van der Waals surface area contributed by atoms with Crippen molar-refractivity contribution in [2.45, 2.75) is 33.4 Å². The molecular formula is C16H18ClN3S. The first-order valence-electron chi connectivity index (χ1n) is 6.97. The fraction of sp³-hybridized carbons (Fsp3) is 0.312. The van der Waals surface area contributed by atoms with Gasteiger partial charge in [0.25, 0.3) is 0 Å². The van der Waals surface area contributed by atoms with Gasteiger partial charge < -0.3 is 5.32 Å². The van der Waals surface area contributed by atoms with Crippen LogP contribution in [0.2, 0.25) is 5.02 Å². The summed E-state index contributed by atoms with van der Waals surface area (Å²) in [6.07, 6.45) is 0. The van der Waals surface area contributed by atoms with Crippen LogP contribution in [0.4, 0.5) is 0 Å². The molecule has 0 amide bonds. The van der Waals surface area contributed by atoms with Crippen LogP contribution in [0.15, 0.2) is 29.6 Å². The summed E-state index contributed by atoms with van der Waals surface area (Å²) in [5, 5.41) is 6.49. The van der Waals surface area contributed by atoms with Gasteiger partial charge in [-0.05, 0) is 38.5 Å². The van der Waals surface area contributed by atoms with Gasteiger partial charge in [0.05, 0.1) is 11.4 Å². The third-order valence-electron chi connectivity index (χ3n) is 3.78. The van der Waals surface area contributed by atoms with Crippen molar-refractivity contribution in [3.8, 4) is 0 Å². The molecule has 0 aliphatic heterocycles. The molecule has 3 rings (SSSR count). The van der Waals surface area contributed by atoms with Gasteiger partial charge in [-0.15, -0.1) is 11.3 Å². The molecule has 0 radical (unpaired) electrons. The van der Waals surface area contributed by atoms with Crippen LogP contribution >= 0.6 is 22.9 Å². The Hall–Kier alpha value is -1.36. The lowest BCUT2D eigenvalue weighted by Crippen LogP contribution is -2.19. The van der Waals surface area contributed by atoms with Crippen molar-refractivity contribution in [2.24, 2.45) is 0 Å². The second-order valence-corrected chi connectivity index (χ2v) is 6.57. The molecule has 3 aromatic rings. The molecule has 0 aliphatic rings. The van der Waals surface area contributed by atoms with Crippen LogP contribution in [0.3, 0.4) is 0 Å². The first-order chi connectivity index (χ1) is 10.1. The Morgan fingerprint density at radius 3 is 2.71 bits per heavy atom. The lowest BCUT2D eigenvalue weighted by atomic mass is 10.1. The van der Waals surface area contributed by atoms with E-state index in [2.05, 4.69) is 53.0 Å². The molecule has 3 nitrogen and oxygen atoms in total. The van der Waals surface area contributed by atoms with E-state index in [0.29, 0.717) is 0 Å². The van der Waals surface area contributed by atoms with Crippen LogP contribution in [0, 0.1) is 13.8 Å². The first kappa shape index (κ1) is 14.6. The fourth-order valence-electron chi connectivity index (χ4n) is 2.49. The van der Waals surface area contributed by atoms with E-state index >= 15 is 0 Å². The van der Waals surface area contributed by atoms with E-state index in [1.165, 1.54) is 17.0 Å². The average Bonchev–Trinajstić information content (AvgIpc) is 2.97. The van der Waals surface area contributed by atoms with Gasteiger partial charge in [0, 0.05) is 28.7 Å². The van der Waals surface area contributed by atoms with Crippen molar-refractivity contribution >= 4 is 27.9 Å². The van der Waals surface area contributed by atoms with Gasteiger partial charge in [-0.25, -0.2) is 4.98 Å². The van der Waals surface area contributed by atoms with Crippen molar-refractivity contribution in [2.75, 3.05) is 0 Å². The Bertz CT molecular complexity index is 758. The normalized spacial score (nSPS) is 13.0. The monoisotopic (exact) mass is 319 g/mol. The van der Waals surface area contributed by atoms with Gasteiger partial charge in [0.1, 0.15) is 0 Å². The zero-order valence-electron chi connectivity index (χ0n) is 12.4. The van der Waals surface area contributed by atoms with Gasteiger partial charge >= 0.3 is 0 Å². The minimum absolute atomic E-state index is 0.270. The molecule has 0 bridgehead atoms. The zero-order chi connectivity index (χ0) is 15.0. The average molecular weight is 320 g/mol. The van der Waals surface area contributed by atoms with Gasteiger partial charge in [-0.3, -0.25) is 4.40 Å². The van der Waals surface area contributed by atoms with Crippen molar-refractivity contribution in [1.82, 2.24) is 14.7 Å². The molecule has 0 saturated carbocycles. The largest absolute Gasteiger partial charge is 0.305 e. The molecule has 1 atom stereocenters. The fourth-order valence-corrected chi connectivity index (χ4v) is 3.55. The third-order valence-corrected chi connectivity index (χ3v) is 4.97. The summed E-state index contributed by atoms with van der Waals surface area (Å²) >= 11 is 7.63. The van der Waals surface area contributed by atoms with E-state index in [1.54, 1.807) is 11.3 Å². The van der Waals surface area contributed by atoms with Crippen LogP contribution in [0.1, 0.15) is 35.6 Å². The number of hydrogen-bond acceptors (Lipinski definition) is 3. The minimum Gasteiger partial charge on any atom is -0.305 e. The highest BCUT2D eigenvalue weighted by Gasteiger charge is 2.13. The molecule has 5 heteroatoms. The number of rotatable bonds is 4. The van der Waals surface area contributed by atoms with Crippen molar-refractivity contribution in [3.05, 3.63) is 57.3 Å². The molecule has 21 heavy (non-hydrogen) atoms. The van der Waals surface area contributed by atoms with Gasteiger partial charge in [-0.2, -0.15) is 0 Å². The molecule has 110 valence electrons. The van der Waals surface area contributed by atoms with E-state index in [1.807, 2.05) is 12.1 Å². The van der Waals surface area contributed by atoms with E-state index in [0.717, 1.165) is 22.2 Å². The predicted octanol–water partition coefficient (Wildman–Crippen LogP) is 4.52. The maximum Gasteiger partial charge on any atom is 0.194 e. The number of nitrogens with one attached hydrogen (secondary N) is 1. The molecular weight excluding hydrogens is 302 g/mol. The molecule has 1 unspecified atom stereocenters. The summed E-state index contributed by atoms with van der Waals surface area (Å²) < 4.78 is 2.24.